The van der Waals surface area contributed by atoms with Crippen LogP contribution in [0.1, 0.15) is 23.6 Å². The lowest BCUT2D eigenvalue weighted by Gasteiger charge is -2.24. The molecule has 0 aliphatic carbocycles. The topological polar surface area (TPSA) is 142 Å². The van der Waals surface area contributed by atoms with Gasteiger partial charge < -0.3 is 16.0 Å². The van der Waals surface area contributed by atoms with E-state index in [1.165, 1.54) is 9.47 Å². The molecule has 0 saturated carbocycles. The van der Waals surface area contributed by atoms with Crippen molar-refractivity contribution in [2.45, 2.75) is 27.3 Å². The minimum atomic E-state index is -0.707. The van der Waals surface area contributed by atoms with E-state index in [0.29, 0.717) is 5.69 Å². The van der Waals surface area contributed by atoms with Gasteiger partial charge in [0.15, 0.2) is 0 Å². The lowest BCUT2D eigenvalue weighted by atomic mass is 10.1. The van der Waals surface area contributed by atoms with Crippen LogP contribution in [-0.2, 0) is 11.3 Å². The van der Waals surface area contributed by atoms with Crippen LogP contribution in [0.4, 0.5) is 22.0 Å². The lowest BCUT2D eigenvalue weighted by molar-refractivity contribution is -0.118. The van der Waals surface area contributed by atoms with E-state index < -0.39 is 23.2 Å². The largest absolute Gasteiger partial charge is 0.383 e. The molecule has 0 unspecified atom stereocenters. The highest BCUT2D eigenvalue weighted by Gasteiger charge is 2.21. The Balaban J connectivity index is 1.76. The zero-order valence-corrected chi connectivity index (χ0v) is 19.3. The molecule has 5 N–H and O–H groups in total. The first-order valence-electron chi connectivity index (χ1n) is 10.8. The highest BCUT2D eigenvalue weighted by atomic mass is 16.2. The quantitative estimate of drug-likeness (QED) is 0.421. The van der Waals surface area contributed by atoms with Crippen molar-refractivity contribution in [2.75, 3.05) is 29.0 Å². The molecule has 2 aromatic carbocycles. The monoisotopic (exact) mass is 464 g/mol. The third kappa shape index (κ3) is 5.71. The molecule has 0 saturated heterocycles. The van der Waals surface area contributed by atoms with E-state index in [1.54, 1.807) is 19.1 Å². The maximum Gasteiger partial charge on any atom is 0.330 e. The van der Waals surface area contributed by atoms with Gasteiger partial charge in [-0.25, -0.2) is 9.59 Å². The van der Waals surface area contributed by atoms with Gasteiger partial charge in [0.1, 0.15) is 11.5 Å². The molecule has 1 heterocycles. The number of nitrogen functional groups attached to an aromatic ring is 1. The Morgan fingerprint density at radius 3 is 2.41 bits per heavy atom. The van der Waals surface area contributed by atoms with Gasteiger partial charge in [-0.05, 0) is 49.6 Å². The normalized spacial score (nSPS) is 10.6. The number of imide groups is 1. The van der Waals surface area contributed by atoms with Crippen LogP contribution in [0.25, 0.3) is 0 Å². The number of rotatable bonds is 7. The van der Waals surface area contributed by atoms with Crippen LogP contribution in [-0.4, -0.2) is 34.6 Å². The first kappa shape index (κ1) is 24.3. The highest BCUT2D eigenvalue weighted by molar-refractivity contribution is 6.02. The predicted molar refractivity (Wildman–Crippen MR) is 132 cm³/mol. The number of amides is 3. The maximum absolute atomic E-state index is 12.6. The third-order valence-electron chi connectivity index (χ3n) is 5.45. The van der Waals surface area contributed by atoms with E-state index >= 15 is 0 Å². The van der Waals surface area contributed by atoms with Gasteiger partial charge in [-0.3, -0.25) is 24.5 Å². The minimum Gasteiger partial charge on any atom is -0.383 e. The molecule has 3 amide bonds. The third-order valence-corrected chi connectivity index (χ3v) is 5.45. The summed E-state index contributed by atoms with van der Waals surface area (Å²) in [6.07, 6.45) is 0. The molecular formula is C24H28N6O4. The Labute approximate surface area is 196 Å². The van der Waals surface area contributed by atoms with Crippen molar-refractivity contribution in [3.8, 4) is 0 Å². The number of anilines is 3. The Kier molecular flexibility index (Phi) is 7.52. The second-order valence-electron chi connectivity index (χ2n) is 7.88. The van der Waals surface area contributed by atoms with Crippen LogP contribution in [0.3, 0.4) is 0 Å². The van der Waals surface area contributed by atoms with Crippen LogP contribution in [0.5, 0.6) is 0 Å². The predicted octanol–water partition coefficient (Wildman–Crippen LogP) is 1.96. The van der Waals surface area contributed by atoms with Gasteiger partial charge in [0.05, 0.1) is 13.1 Å². The average Bonchev–Trinajstić information content (AvgIpc) is 2.78. The van der Waals surface area contributed by atoms with Crippen molar-refractivity contribution in [3.05, 3.63) is 86.1 Å². The van der Waals surface area contributed by atoms with Crippen molar-refractivity contribution in [1.82, 2.24) is 14.9 Å². The zero-order valence-electron chi connectivity index (χ0n) is 19.3. The maximum atomic E-state index is 12.6. The van der Waals surface area contributed by atoms with Crippen LogP contribution in [0.2, 0.25) is 0 Å². The van der Waals surface area contributed by atoms with E-state index in [4.69, 9.17) is 5.73 Å². The van der Waals surface area contributed by atoms with Gasteiger partial charge in [-0.15, -0.1) is 0 Å². The van der Waals surface area contributed by atoms with Crippen molar-refractivity contribution < 1.29 is 9.59 Å². The molecular weight excluding hydrogens is 436 g/mol. The number of aromatic nitrogens is 2. The van der Waals surface area contributed by atoms with E-state index in [-0.39, 0.29) is 31.1 Å². The van der Waals surface area contributed by atoms with Crippen LogP contribution in [0, 0.1) is 13.8 Å². The average molecular weight is 465 g/mol. The summed E-state index contributed by atoms with van der Waals surface area (Å²) < 4.78 is 1.24. The summed E-state index contributed by atoms with van der Waals surface area (Å²) in [5, 5.41) is 4.86. The molecule has 10 nitrogen and oxygen atoms in total. The Morgan fingerprint density at radius 2 is 1.76 bits per heavy atom. The fourth-order valence-corrected chi connectivity index (χ4v) is 3.48. The summed E-state index contributed by atoms with van der Waals surface area (Å²) in [6.45, 7) is 5.68. The van der Waals surface area contributed by atoms with E-state index in [9.17, 15) is 19.2 Å². The van der Waals surface area contributed by atoms with Gasteiger partial charge in [-0.2, -0.15) is 0 Å². The number of hydrogen-bond acceptors (Lipinski definition) is 6. The summed E-state index contributed by atoms with van der Waals surface area (Å²) in [7, 11) is 0. The van der Waals surface area contributed by atoms with Gasteiger partial charge in [-0.1, -0.05) is 36.4 Å². The standard InChI is InChI=1S/C24H28N6O4/c1-4-29(14-19(31)27-23(33)26-18-11-10-15(2)16(3)12-18)20-21(25)30(24(34)28-22(20)32)13-17-8-6-5-7-9-17/h5-12H,4,13-14,25H2,1-3H3,(H,28,32,34)(H2,26,27,31,33). The van der Waals surface area contributed by atoms with Gasteiger partial charge in [0, 0.05) is 12.2 Å². The number of carbonyl (C=O) groups excluding carboxylic acids is 2. The smallest absolute Gasteiger partial charge is 0.330 e. The number of likely N-dealkylation sites (N-methyl/N-ethyl adjacent to an activating group) is 1. The number of benzene rings is 2. The minimum absolute atomic E-state index is 0.0113. The molecule has 0 fully saturated rings. The van der Waals surface area contributed by atoms with Gasteiger partial charge >= 0.3 is 11.7 Å². The molecule has 1 aromatic heterocycles. The molecule has 0 radical (unpaired) electrons. The molecule has 34 heavy (non-hydrogen) atoms. The number of hydrogen-bond donors (Lipinski definition) is 4. The Morgan fingerprint density at radius 1 is 1.06 bits per heavy atom. The van der Waals surface area contributed by atoms with E-state index in [0.717, 1.165) is 16.7 Å². The van der Waals surface area contributed by atoms with Crippen molar-refractivity contribution in [1.29, 1.82) is 0 Å². The molecule has 0 spiro atoms. The SMILES string of the molecule is CCN(CC(=O)NC(=O)Nc1ccc(C)c(C)c1)c1c(N)n(Cc2ccccc2)c(=O)[nH]c1=O. The van der Waals surface area contributed by atoms with Crippen molar-refractivity contribution in [2.24, 2.45) is 0 Å². The fraction of sp³-hybridized carbons (Fsp3) is 0.250. The number of aryl methyl sites for hydroxylation is 2. The van der Waals surface area contributed by atoms with Crippen molar-refractivity contribution in [3.63, 3.8) is 0 Å². The summed E-state index contributed by atoms with van der Waals surface area (Å²) in [6, 6.07) is 13.9. The molecule has 0 atom stereocenters. The van der Waals surface area contributed by atoms with Crippen LogP contribution < -0.4 is 32.5 Å². The zero-order chi connectivity index (χ0) is 24.8. The lowest BCUT2D eigenvalue weighted by Crippen LogP contribution is -2.45. The first-order chi connectivity index (χ1) is 16.2. The Hall–Kier alpha value is -4.34. The summed E-state index contributed by atoms with van der Waals surface area (Å²) in [4.78, 5) is 53.4. The number of nitrogens with two attached hydrogens (primary N) is 1. The molecule has 178 valence electrons. The van der Waals surface area contributed by atoms with Crippen molar-refractivity contribution >= 4 is 29.1 Å². The number of aromatic amines is 1. The second kappa shape index (κ2) is 10.5. The fourth-order valence-electron chi connectivity index (χ4n) is 3.48. The molecule has 0 bridgehead atoms. The summed E-state index contributed by atoms with van der Waals surface area (Å²) in [5.74, 6) is -0.699. The van der Waals surface area contributed by atoms with Crippen LogP contribution in [0.15, 0.2) is 58.1 Å². The van der Waals surface area contributed by atoms with Gasteiger partial charge in [0.25, 0.3) is 5.56 Å². The van der Waals surface area contributed by atoms with Gasteiger partial charge in [0.2, 0.25) is 5.91 Å². The molecule has 0 aliphatic rings. The number of carbonyl (C=O) groups is 2. The molecule has 0 aliphatic heterocycles. The first-order valence-corrected chi connectivity index (χ1v) is 10.8. The highest BCUT2D eigenvalue weighted by Crippen LogP contribution is 2.17. The Bertz CT molecular complexity index is 1310. The molecule has 3 rings (SSSR count). The molecule has 3 aromatic rings. The van der Waals surface area contributed by atoms with Crippen LogP contribution >= 0.6 is 0 Å². The summed E-state index contributed by atoms with van der Waals surface area (Å²) in [5.41, 5.74) is 8.29. The number of nitrogens with one attached hydrogen (secondary N) is 3. The van der Waals surface area contributed by atoms with E-state index in [2.05, 4.69) is 15.6 Å². The summed E-state index contributed by atoms with van der Waals surface area (Å²) >= 11 is 0. The molecule has 10 heteroatoms. The van der Waals surface area contributed by atoms with E-state index in [1.807, 2.05) is 50.2 Å². The number of nitrogens with zero attached hydrogens (tertiary/aromatic N) is 2. The second-order valence-corrected chi connectivity index (χ2v) is 7.88. The number of urea groups is 1. The number of H-pyrrole nitrogens is 1.